The van der Waals surface area contributed by atoms with Gasteiger partial charge in [0, 0.05) is 5.56 Å². The number of hydrogen-bond acceptors (Lipinski definition) is 5. The molecule has 0 radical (unpaired) electrons. The van der Waals surface area contributed by atoms with Crippen LogP contribution in [0.4, 0.5) is 0 Å². The Morgan fingerprint density at radius 1 is 1.03 bits per heavy atom. The Morgan fingerprint density at radius 3 is 2.48 bits per heavy atom. The summed E-state index contributed by atoms with van der Waals surface area (Å²) in [4.78, 5) is 12.4. The molecule has 4 rings (SSSR count). The van der Waals surface area contributed by atoms with Crippen LogP contribution in [0, 0.1) is 18.3 Å². The number of Topliss-reactive ketones (excluding diaryl/α,β-unsaturated/α-hetero) is 1. The molecule has 1 aliphatic rings. The quantitative estimate of drug-likeness (QED) is 0.540. The van der Waals surface area contributed by atoms with Crippen LogP contribution in [0.2, 0.25) is 0 Å². The van der Waals surface area contributed by atoms with E-state index in [4.69, 9.17) is 14.2 Å². The predicted octanol–water partition coefficient (Wildman–Crippen LogP) is 5.09. The highest BCUT2D eigenvalue weighted by atomic mass is 16.7. The second kappa shape index (κ2) is 8.93. The van der Waals surface area contributed by atoms with E-state index < -0.39 is 6.10 Å². The van der Waals surface area contributed by atoms with Crippen LogP contribution in [0.15, 0.2) is 60.7 Å². The highest BCUT2D eigenvalue weighted by molar-refractivity contribution is 5.82. The van der Waals surface area contributed by atoms with Crippen molar-refractivity contribution in [2.75, 3.05) is 6.79 Å². The number of aryl methyl sites for hydroxylation is 3. The number of benzene rings is 3. The van der Waals surface area contributed by atoms with Crippen molar-refractivity contribution < 1.29 is 19.0 Å². The molecule has 3 aromatic rings. The van der Waals surface area contributed by atoms with Gasteiger partial charge in [-0.2, -0.15) is 5.26 Å². The number of ketones is 1. The van der Waals surface area contributed by atoms with Crippen LogP contribution in [-0.4, -0.2) is 12.6 Å². The number of nitriles is 1. The van der Waals surface area contributed by atoms with Gasteiger partial charge in [-0.15, -0.1) is 0 Å². The third-order valence-corrected chi connectivity index (χ3v) is 5.39. The minimum atomic E-state index is -0.752. The first-order chi connectivity index (χ1) is 15.0. The molecule has 5 nitrogen and oxygen atoms in total. The maximum Gasteiger partial charge on any atom is 0.231 e. The molecule has 0 aliphatic carbocycles. The minimum Gasteiger partial charge on any atom is -0.477 e. The van der Waals surface area contributed by atoms with Gasteiger partial charge in [0.1, 0.15) is 11.8 Å². The molecule has 31 heavy (non-hydrogen) atoms. The van der Waals surface area contributed by atoms with E-state index in [0.29, 0.717) is 11.3 Å². The van der Waals surface area contributed by atoms with Gasteiger partial charge in [-0.3, -0.25) is 4.79 Å². The largest absolute Gasteiger partial charge is 0.477 e. The van der Waals surface area contributed by atoms with Crippen molar-refractivity contribution in [2.24, 2.45) is 0 Å². The minimum absolute atomic E-state index is 0.107. The summed E-state index contributed by atoms with van der Waals surface area (Å²) < 4.78 is 16.9. The lowest BCUT2D eigenvalue weighted by atomic mass is 10.00. The molecule has 0 saturated heterocycles. The van der Waals surface area contributed by atoms with E-state index in [9.17, 15) is 10.1 Å². The molecule has 0 aromatic heterocycles. The Balaban J connectivity index is 1.55. The summed E-state index contributed by atoms with van der Waals surface area (Å²) in [5.74, 6) is 1.85. The smallest absolute Gasteiger partial charge is 0.231 e. The molecule has 0 fully saturated rings. The molecule has 0 unspecified atom stereocenters. The van der Waals surface area contributed by atoms with Crippen LogP contribution < -0.4 is 14.2 Å². The molecular weight excluding hydrogens is 390 g/mol. The Bertz CT molecular complexity index is 1160. The van der Waals surface area contributed by atoms with Gasteiger partial charge in [-0.05, 0) is 67.6 Å². The molecule has 0 bridgehead atoms. The average Bonchev–Trinajstić information content (AvgIpc) is 3.24. The van der Waals surface area contributed by atoms with Crippen molar-refractivity contribution in [2.45, 2.75) is 32.8 Å². The number of carbonyl (C=O) groups is 1. The lowest BCUT2D eigenvalue weighted by Crippen LogP contribution is -2.17. The van der Waals surface area contributed by atoms with E-state index in [1.165, 1.54) is 6.92 Å². The fourth-order valence-corrected chi connectivity index (χ4v) is 3.67. The zero-order valence-electron chi connectivity index (χ0n) is 17.6. The topological polar surface area (TPSA) is 68.6 Å². The maximum atomic E-state index is 12.4. The summed E-state index contributed by atoms with van der Waals surface area (Å²) in [6.45, 7) is 3.71. The number of ether oxygens (including phenoxy) is 3. The molecule has 0 saturated carbocycles. The van der Waals surface area contributed by atoms with Crippen LogP contribution in [0.5, 0.6) is 17.2 Å². The number of carbonyl (C=O) groups excluding carboxylic acids is 1. The number of fused-ring (bicyclic) bond motifs is 1. The Hall–Kier alpha value is -3.78. The molecule has 156 valence electrons. The Kier molecular flexibility index (Phi) is 5.90. The van der Waals surface area contributed by atoms with Gasteiger partial charge in [-0.1, -0.05) is 36.4 Å². The van der Waals surface area contributed by atoms with Gasteiger partial charge >= 0.3 is 0 Å². The monoisotopic (exact) mass is 413 g/mol. The zero-order valence-corrected chi connectivity index (χ0v) is 17.6. The molecule has 0 amide bonds. The highest BCUT2D eigenvalue weighted by Gasteiger charge is 2.22. The standard InChI is InChI=1S/C26H23NO4/c1-17-5-3-4-6-22(17)26(18(2)28)31-24-13-19(9-11-21(24)15-27)7-8-20-10-12-23-25(14-20)30-16-29-23/h3-6,9-14,26H,7-8,16H2,1-2H3/t26-/m1/s1. The van der Waals surface area contributed by atoms with E-state index in [-0.39, 0.29) is 12.6 Å². The van der Waals surface area contributed by atoms with Gasteiger partial charge < -0.3 is 14.2 Å². The number of nitrogens with zero attached hydrogens (tertiary/aromatic N) is 1. The normalized spacial score (nSPS) is 12.8. The first-order valence-electron chi connectivity index (χ1n) is 10.2. The van der Waals surface area contributed by atoms with Crippen LogP contribution in [-0.2, 0) is 17.6 Å². The van der Waals surface area contributed by atoms with Crippen molar-refractivity contribution in [3.8, 4) is 23.3 Å². The van der Waals surface area contributed by atoms with E-state index in [1.54, 1.807) is 6.07 Å². The fourth-order valence-electron chi connectivity index (χ4n) is 3.67. The van der Waals surface area contributed by atoms with Gasteiger partial charge in [-0.25, -0.2) is 0 Å². The lowest BCUT2D eigenvalue weighted by Gasteiger charge is -2.20. The maximum absolute atomic E-state index is 12.4. The Morgan fingerprint density at radius 2 is 1.74 bits per heavy atom. The lowest BCUT2D eigenvalue weighted by molar-refractivity contribution is -0.123. The van der Waals surface area contributed by atoms with E-state index in [1.807, 2.05) is 61.5 Å². The SMILES string of the molecule is CC(=O)[C@@H](Oc1cc(CCc2ccc3c(c2)OCO3)ccc1C#N)c1ccccc1C. The second-order valence-corrected chi connectivity index (χ2v) is 7.60. The summed E-state index contributed by atoms with van der Waals surface area (Å²) in [5.41, 5.74) is 4.35. The van der Waals surface area contributed by atoms with Gasteiger partial charge in [0.25, 0.3) is 0 Å². The molecule has 1 heterocycles. The molecule has 1 aliphatic heterocycles. The summed E-state index contributed by atoms with van der Waals surface area (Å²) in [5, 5.41) is 9.54. The molecule has 0 N–H and O–H groups in total. The van der Waals surface area contributed by atoms with Crippen LogP contribution in [0.1, 0.15) is 40.8 Å². The van der Waals surface area contributed by atoms with Crippen molar-refractivity contribution in [3.05, 3.63) is 88.5 Å². The van der Waals surface area contributed by atoms with Crippen LogP contribution in [0.3, 0.4) is 0 Å². The third kappa shape index (κ3) is 4.54. The first-order valence-corrected chi connectivity index (χ1v) is 10.2. The van der Waals surface area contributed by atoms with Gasteiger partial charge in [0.05, 0.1) is 5.56 Å². The van der Waals surface area contributed by atoms with Crippen LogP contribution >= 0.6 is 0 Å². The molecular formula is C26H23NO4. The fraction of sp³-hybridized carbons (Fsp3) is 0.231. The zero-order chi connectivity index (χ0) is 21.8. The van der Waals surface area contributed by atoms with Crippen molar-refractivity contribution in [1.29, 1.82) is 5.26 Å². The summed E-state index contributed by atoms with van der Waals surface area (Å²) >= 11 is 0. The predicted molar refractivity (Wildman–Crippen MR) is 116 cm³/mol. The number of rotatable bonds is 7. The Labute approximate surface area is 181 Å². The van der Waals surface area contributed by atoms with E-state index in [2.05, 4.69) is 6.07 Å². The highest BCUT2D eigenvalue weighted by Crippen LogP contribution is 2.33. The summed E-state index contributed by atoms with van der Waals surface area (Å²) in [6, 6.07) is 21.3. The van der Waals surface area contributed by atoms with Gasteiger partial charge in [0.15, 0.2) is 23.4 Å². The van der Waals surface area contributed by atoms with E-state index in [0.717, 1.165) is 46.6 Å². The average molecular weight is 413 g/mol. The van der Waals surface area contributed by atoms with Crippen molar-refractivity contribution >= 4 is 5.78 Å². The molecule has 5 heteroatoms. The molecule has 1 atom stereocenters. The molecule has 3 aromatic carbocycles. The first kappa shape index (κ1) is 20.5. The summed E-state index contributed by atoms with van der Waals surface area (Å²) in [7, 11) is 0. The third-order valence-electron chi connectivity index (χ3n) is 5.39. The van der Waals surface area contributed by atoms with Gasteiger partial charge in [0.2, 0.25) is 6.79 Å². The van der Waals surface area contributed by atoms with Crippen molar-refractivity contribution in [1.82, 2.24) is 0 Å². The van der Waals surface area contributed by atoms with Crippen LogP contribution in [0.25, 0.3) is 0 Å². The van der Waals surface area contributed by atoms with E-state index >= 15 is 0 Å². The molecule has 0 spiro atoms. The van der Waals surface area contributed by atoms with Crippen molar-refractivity contribution in [3.63, 3.8) is 0 Å². The summed E-state index contributed by atoms with van der Waals surface area (Å²) in [6.07, 6.45) is 0.810. The number of hydrogen-bond donors (Lipinski definition) is 0. The second-order valence-electron chi connectivity index (χ2n) is 7.60.